The number of carbonyl (C=O) groups excluding carboxylic acids is 1. The fraction of sp³-hybridized carbons (Fsp3) is 0.250. The van der Waals surface area contributed by atoms with E-state index >= 15 is 0 Å². The lowest BCUT2D eigenvalue weighted by Gasteiger charge is -2.11. The van der Waals surface area contributed by atoms with Crippen LogP contribution in [0.2, 0.25) is 0 Å². The summed E-state index contributed by atoms with van der Waals surface area (Å²) < 4.78 is 10.6. The lowest BCUT2D eigenvalue weighted by molar-refractivity contribution is 0.102. The van der Waals surface area contributed by atoms with E-state index in [1.54, 1.807) is 18.2 Å². The monoisotopic (exact) mass is 383 g/mol. The molecule has 0 radical (unpaired) electrons. The highest BCUT2D eigenvalue weighted by Gasteiger charge is 2.20. The zero-order valence-corrected chi connectivity index (χ0v) is 16.7. The molecule has 0 aliphatic heterocycles. The summed E-state index contributed by atoms with van der Waals surface area (Å²) in [4.78, 5) is 12.8. The van der Waals surface area contributed by atoms with Crippen molar-refractivity contribution in [1.82, 2.24) is 10.2 Å². The molecule has 140 valence electrons. The van der Waals surface area contributed by atoms with E-state index in [0.29, 0.717) is 22.2 Å². The van der Waals surface area contributed by atoms with Crippen molar-refractivity contribution in [3.05, 3.63) is 52.6 Å². The van der Waals surface area contributed by atoms with Crippen molar-refractivity contribution >= 4 is 22.4 Å². The Labute approximate surface area is 162 Å². The molecule has 3 aromatic rings. The smallest absolute Gasteiger partial charge is 0.265 e. The van der Waals surface area contributed by atoms with Crippen LogP contribution in [-0.4, -0.2) is 30.3 Å². The van der Waals surface area contributed by atoms with Gasteiger partial charge in [0.05, 0.1) is 14.2 Å². The van der Waals surface area contributed by atoms with Crippen molar-refractivity contribution < 1.29 is 14.3 Å². The SMILES string of the molecule is COc1cccc(OC)c1C(=O)Nc1nnc(-c2c(C)cc(C)cc2C)s1. The molecule has 1 amide bonds. The molecule has 0 atom stereocenters. The number of methoxy groups -OCH3 is 2. The van der Waals surface area contributed by atoms with E-state index in [2.05, 4.69) is 48.4 Å². The Morgan fingerprint density at radius 1 is 1.00 bits per heavy atom. The van der Waals surface area contributed by atoms with Crippen molar-refractivity contribution in [2.45, 2.75) is 20.8 Å². The number of nitrogens with zero attached hydrogens (tertiary/aromatic N) is 2. The second kappa shape index (κ2) is 7.75. The average Bonchev–Trinajstić information content (AvgIpc) is 3.07. The summed E-state index contributed by atoms with van der Waals surface area (Å²) in [5, 5.41) is 12.4. The molecule has 7 heteroatoms. The van der Waals surface area contributed by atoms with Gasteiger partial charge in [-0.1, -0.05) is 35.1 Å². The van der Waals surface area contributed by atoms with Gasteiger partial charge in [-0.25, -0.2) is 0 Å². The first-order chi connectivity index (χ1) is 12.9. The summed E-state index contributed by atoms with van der Waals surface area (Å²) in [6.07, 6.45) is 0. The average molecular weight is 383 g/mol. The zero-order valence-electron chi connectivity index (χ0n) is 15.9. The van der Waals surface area contributed by atoms with Crippen molar-refractivity contribution in [2.75, 3.05) is 19.5 Å². The number of nitrogens with one attached hydrogen (secondary N) is 1. The highest BCUT2D eigenvalue weighted by atomic mass is 32.1. The zero-order chi connectivity index (χ0) is 19.6. The molecule has 0 saturated heterocycles. The number of anilines is 1. The summed E-state index contributed by atoms with van der Waals surface area (Å²) in [6.45, 7) is 6.17. The third-order valence-electron chi connectivity index (χ3n) is 4.19. The first-order valence-corrected chi connectivity index (χ1v) is 9.20. The van der Waals surface area contributed by atoms with Gasteiger partial charge >= 0.3 is 0 Å². The predicted octanol–water partition coefficient (Wildman–Crippen LogP) is 4.40. The van der Waals surface area contributed by atoms with Gasteiger partial charge < -0.3 is 9.47 Å². The molecule has 2 aromatic carbocycles. The topological polar surface area (TPSA) is 73.3 Å². The Kier molecular flexibility index (Phi) is 5.41. The van der Waals surface area contributed by atoms with Crippen LogP contribution in [0.25, 0.3) is 10.6 Å². The van der Waals surface area contributed by atoms with Gasteiger partial charge in [-0.3, -0.25) is 10.1 Å². The number of hydrogen-bond acceptors (Lipinski definition) is 6. The molecule has 6 nitrogen and oxygen atoms in total. The van der Waals surface area contributed by atoms with E-state index < -0.39 is 0 Å². The second-order valence-corrected chi connectivity index (χ2v) is 7.16. The van der Waals surface area contributed by atoms with Gasteiger partial charge in [-0.05, 0) is 44.0 Å². The maximum atomic E-state index is 12.8. The molecule has 1 aromatic heterocycles. The quantitative estimate of drug-likeness (QED) is 0.707. The number of hydrogen-bond donors (Lipinski definition) is 1. The highest BCUT2D eigenvalue weighted by Crippen LogP contribution is 2.34. The molecule has 0 spiro atoms. The molecular weight excluding hydrogens is 362 g/mol. The summed E-state index contributed by atoms with van der Waals surface area (Å²) in [5.41, 5.74) is 4.84. The maximum Gasteiger partial charge on any atom is 0.265 e. The van der Waals surface area contributed by atoms with Crippen LogP contribution < -0.4 is 14.8 Å². The minimum Gasteiger partial charge on any atom is -0.496 e. The van der Waals surface area contributed by atoms with Crippen LogP contribution in [0.4, 0.5) is 5.13 Å². The van der Waals surface area contributed by atoms with Crippen molar-refractivity contribution in [1.29, 1.82) is 0 Å². The molecule has 0 aliphatic rings. The predicted molar refractivity (Wildman–Crippen MR) is 107 cm³/mol. The van der Waals surface area contributed by atoms with Gasteiger partial charge in [0.1, 0.15) is 22.1 Å². The Hall–Kier alpha value is -2.93. The number of amides is 1. The highest BCUT2D eigenvalue weighted by molar-refractivity contribution is 7.18. The van der Waals surface area contributed by atoms with E-state index in [1.165, 1.54) is 31.1 Å². The summed E-state index contributed by atoms with van der Waals surface area (Å²) in [6, 6.07) is 9.41. The standard InChI is InChI=1S/C20H21N3O3S/c1-11-9-12(2)16(13(3)10-11)19-22-23-20(27-19)21-18(24)17-14(25-4)7-6-8-15(17)26-5/h6-10H,1-5H3,(H,21,23,24). The van der Waals surface area contributed by atoms with Crippen molar-refractivity contribution in [2.24, 2.45) is 0 Å². The molecule has 1 N–H and O–H groups in total. The molecule has 0 saturated carbocycles. The number of ether oxygens (including phenoxy) is 2. The summed E-state index contributed by atoms with van der Waals surface area (Å²) in [7, 11) is 3.02. The lowest BCUT2D eigenvalue weighted by atomic mass is 10.0. The molecule has 3 rings (SSSR count). The molecule has 0 unspecified atom stereocenters. The number of aryl methyl sites for hydroxylation is 3. The van der Waals surface area contributed by atoms with E-state index in [4.69, 9.17) is 9.47 Å². The summed E-state index contributed by atoms with van der Waals surface area (Å²) in [5.74, 6) is 0.507. The Balaban J connectivity index is 1.91. The van der Waals surface area contributed by atoms with Crippen molar-refractivity contribution in [3.63, 3.8) is 0 Å². The molecule has 0 fully saturated rings. The van der Waals surface area contributed by atoms with Gasteiger partial charge in [0.15, 0.2) is 0 Å². The first kappa shape index (κ1) is 18.8. The van der Waals surface area contributed by atoms with E-state index in [0.717, 1.165) is 21.7 Å². The number of benzene rings is 2. The molecular formula is C20H21N3O3S. The molecule has 27 heavy (non-hydrogen) atoms. The van der Waals surface area contributed by atoms with E-state index in [-0.39, 0.29) is 5.91 Å². The van der Waals surface area contributed by atoms with Gasteiger partial charge in [0, 0.05) is 5.56 Å². The minimum absolute atomic E-state index is 0.321. The number of rotatable bonds is 5. The Morgan fingerprint density at radius 3 is 2.15 bits per heavy atom. The normalized spacial score (nSPS) is 10.6. The van der Waals surface area contributed by atoms with Gasteiger partial charge in [0.25, 0.3) is 5.91 Å². The van der Waals surface area contributed by atoms with E-state index in [1.807, 2.05) is 0 Å². The molecule has 1 heterocycles. The van der Waals surface area contributed by atoms with Crippen LogP contribution in [0.5, 0.6) is 11.5 Å². The molecule has 0 bridgehead atoms. The van der Waals surface area contributed by atoms with Crippen LogP contribution in [0, 0.1) is 20.8 Å². The largest absolute Gasteiger partial charge is 0.496 e. The third-order valence-corrected chi connectivity index (χ3v) is 5.05. The minimum atomic E-state index is -0.357. The van der Waals surface area contributed by atoms with Crippen LogP contribution in [0.15, 0.2) is 30.3 Å². The van der Waals surface area contributed by atoms with Crippen LogP contribution in [0.1, 0.15) is 27.0 Å². The fourth-order valence-electron chi connectivity index (χ4n) is 3.13. The van der Waals surface area contributed by atoms with E-state index in [9.17, 15) is 4.79 Å². The fourth-order valence-corrected chi connectivity index (χ4v) is 4.04. The van der Waals surface area contributed by atoms with Crippen molar-refractivity contribution in [3.8, 4) is 22.1 Å². The summed E-state index contributed by atoms with van der Waals surface area (Å²) >= 11 is 1.33. The first-order valence-electron chi connectivity index (χ1n) is 8.38. The van der Waals surface area contributed by atoms with Crippen LogP contribution in [-0.2, 0) is 0 Å². The van der Waals surface area contributed by atoms with Gasteiger partial charge in [-0.15, -0.1) is 10.2 Å². The lowest BCUT2D eigenvalue weighted by Crippen LogP contribution is -2.14. The van der Waals surface area contributed by atoms with Crippen LogP contribution >= 0.6 is 11.3 Å². The Morgan fingerprint density at radius 2 is 1.59 bits per heavy atom. The molecule has 0 aliphatic carbocycles. The Bertz CT molecular complexity index is 953. The number of aromatic nitrogens is 2. The van der Waals surface area contributed by atoms with Gasteiger partial charge in [0.2, 0.25) is 5.13 Å². The third kappa shape index (κ3) is 3.78. The second-order valence-electron chi connectivity index (χ2n) is 6.18. The van der Waals surface area contributed by atoms with Gasteiger partial charge in [-0.2, -0.15) is 0 Å². The maximum absolute atomic E-state index is 12.8. The number of carbonyl (C=O) groups is 1. The van der Waals surface area contributed by atoms with Crippen LogP contribution in [0.3, 0.4) is 0 Å².